The van der Waals surface area contributed by atoms with Crippen LogP contribution < -0.4 is 0 Å². The Morgan fingerprint density at radius 1 is 1.55 bits per heavy atom. The van der Waals surface area contributed by atoms with E-state index in [0.29, 0.717) is 5.56 Å². The van der Waals surface area contributed by atoms with E-state index < -0.39 is 0 Å². The lowest BCUT2D eigenvalue weighted by molar-refractivity contribution is 0.625. The van der Waals surface area contributed by atoms with Crippen LogP contribution in [0.1, 0.15) is 11.1 Å². The molecule has 0 aliphatic heterocycles. The highest BCUT2D eigenvalue weighted by Crippen LogP contribution is 2.12. The van der Waals surface area contributed by atoms with Crippen molar-refractivity contribution in [2.75, 3.05) is 0 Å². The van der Waals surface area contributed by atoms with E-state index in [9.17, 15) is 4.39 Å². The highest BCUT2D eigenvalue weighted by atomic mass is 35.5. The Hall–Kier alpha value is -0.470. The minimum absolute atomic E-state index is 0.0752. The van der Waals surface area contributed by atoms with E-state index in [1.54, 1.807) is 12.1 Å². The summed E-state index contributed by atoms with van der Waals surface area (Å²) in [6, 6.07) is 4.66. The molecule has 3 heteroatoms. The first-order valence-electron chi connectivity index (χ1n) is 3.07. The van der Waals surface area contributed by atoms with Crippen molar-refractivity contribution in [3.05, 3.63) is 35.1 Å². The Labute approximate surface area is 75.0 Å². The molecular formula is C8H6ClFS. The van der Waals surface area contributed by atoms with Gasteiger partial charge in [-0.3, -0.25) is 0 Å². The largest absolute Gasteiger partial charge is 0.206 e. The topological polar surface area (TPSA) is 0 Å². The lowest BCUT2D eigenvalue weighted by atomic mass is 10.1. The third-order valence-corrected chi connectivity index (χ3v) is 1.76. The van der Waals surface area contributed by atoms with E-state index in [1.807, 2.05) is 6.92 Å². The summed E-state index contributed by atoms with van der Waals surface area (Å²) in [6.07, 6.45) is 0. The number of halogens is 2. The first-order chi connectivity index (χ1) is 5.11. The zero-order chi connectivity index (χ0) is 8.43. The molecule has 1 aromatic carbocycles. The Bertz CT molecular complexity index is 296. The first-order valence-corrected chi connectivity index (χ1v) is 3.86. The van der Waals surface area contributed by atoms with Crippen LogP contribution in [-0.4, -0.2) is 4.32 Å². The molecule has 0 nitrogen and oxygen atoms in total. The van der Waals surface area contributed by atoms with E-state index in [4.69, 9.17) is 11.6 Å². The minimum Gasteiger partial charge on any atom is -0.206 e. The molecule has 1 rings (SSSR count). The Morgan fingerprint density at radius 2 is 2.18 bits per heavy atom. The van der Waals surface area contributed by atoms with Gasteiger partial charge in [0.15, 0.2) is 0 Å². The van der Waals surface area contributed by atoms with Crippen LogP contribution in [-0.2, 0) is 0 Å². The highest BCUT2D eigenvalue weighted by molar-refractivity contribution is 7.83. The van der Waals surface area contributed by atoms with Crippen LogP contribution in [0.3, 0.4) is 0 Å². The summed E-state index contributed by atoms with van der Waals surface area (Å²) in [4.78, 5) is 0. The zero-order valence-corrected chi connectivity index (χ0v) is 7.47. The third-order valence-electron chi connectivity index (χ3n) is 1.33. The summed E-state index contributed by atoms with van der Waals surface area (Å²) in [5, 5.41) is 0. The predicted octanol–water partition coefficient (Wildman–Crippen LogP) is 3.05. The normalized spacial score (nSPS) is 9.73. The molecule has 11 heavy (non-hydrogen) atoms. The van der Waals surface area contributed by atoms with Crippen molar-refractivity contribution in [3.8, 4) is 0 Å². The molecule has 0 aliphatic rings. The molecule has 0 atom stereocenters. The fourth-order valence-electron chi connectivity index (χ4n) is 0.790. The maximum atomic E-state index is 12.8. The molecule has 0 N–H and O–H groups in total. The van der Waals surface area contributed by atoms with E-state index in [-0.39, 0.29) is 10.1 Å². The average Bonchev–Trinajstić information content (AvgIpc) is 1.94. The van der Waals surface area contributed by atoms with Crippen molar-refractivity contribution in [1.82, 2.24) is 0 Å². The van der Waals surface area contributed by atoms with Crippen LogP contribution in [0.15, 0.2) is 18.2 Å². The molecule has 1 aromatic rings. The molecule has 58 valence electrons. The zero-order valence-electron chi connectivity index (χ0n) is 5.90. The van der Waals surface area contributed by atoms with Gasteiger partial charge in [-0.2, -0.15) is 0 Å². The Kier molecular flexibility index (Phi) is 2.58. The van der Waals surface area contributed by atoms with Gasteiger partial charge in [-0.15, -0.1) is 0 Å². The average molecular weight is 189 g/mol. The predicted molar refractivity (Wildman–Crippen MR) is 48.7 cm³/mol. The molecule has 0 heterocycles. The van der Waals surface area contributed by atoms with E-state index in [2.05, 4.69) is 12.2 Å². The molecule has 0 unspecified atom stereocenters. The van der Waals surface area contributed by atoms with Gasteiger partial charge >= 0.3 is 0 Å². The lowest BCUT2D eigenvalue weighted by Gasteiger charge is -1.99. The molecule has 0 saturated carbocycles. The maximum Gasteiger partial charge on any atom is 0.132 e. The standard InChI is InChI=1S/C8H6ClFS/c1-5-2-3-7(10)6(4-5)8(9)11/h2-4H,1H3. The van der Waals surface area contributed by atoms with E-state index in [1.165, 1.54) is 6.07 Å². The van der Waals surface area contributed by atoms with Crippen LogP contribution in [0.25, 0.3) is 0 Å². The summed E-state index contributed by atoms with van der Waals surface area (Å²) < 4.78 is 12.9. The van der Waals surface area contributed by atoms with Gasteiger partial charge in [0.25, 0.3) is 0 Å². The first kappa shape index (κ1) is 8.62. The second kappa shape index (κ2) is 3.28. The second-order valence-corrected chi connectivity index (χ2v) is 3.27. The second-order valence-electron chi connectivity index (χ2n) is 2.26. The van der Waals surface area contributed by atoms with Gasteiger partial charge in [0, 0.05) is 5.56 Å². The van der Waals surface area contributed by atoms with Crippen LogP contribution in [0, 0.1) is 12.7 Å². The van der Waals surface area contributed by atoms with Crippen molar-refractivity contribution < 1.29 is 4.39 Å². The fraction of sp³-hybridized carbons (Fsp3) is 0.125. The molecule has 0 saturated heterocycles. The maximum absolute atomic E-state index is 12.8. The van der Waals surface area contributed by atoms with Crippen molar-refractivity contribution in [1.29, 1.82) is 0 Å². The SMILES string of the molecule is Cc1ccc(F)c(C(=S)Cl)c1. The van der Waals surface area contributed by atoms with Gasteiger partial charge in [-0.1, -0.05) is 35.4 Å². The Morgan fingerprint density at radius 3 is 2.64 bits per heavy atom. The number of hydrogen-bond donors (Lipinski definition) is 0. The van der Waals surface area contributed by atoms with Crippen LogP contribution in [0.5, 0.6) is 0 Å². The van der Waals surface area contributed by atoms with E-state index in [0.717, 1.165) is 5.56 Å². The van der Waals surface area contributed by atoms with Gasteiger partial charge < -0.3 is 0 Å². The molecule has 0 fully saturated rings. The van der Waals surface area contributed by atoms with Crippen LogP contribution >= 0.6 is 23.8 Å². The fourth-order valence-corrected chi connectivity index (χ4v) is 1.09. The summed E-state index contributed by atoms with van der Waals surface area (Å²) in [6.45, 7) is 1.86. The molecule has 0 spiro atoms. The van der Waals surface area contributed by atoms with Gasteiger partial charge in [0.2, 0.25) is 0 Å². The number of hydrogen-bond acceptors (Lipinski definition) is 1. The van der Waals surface area contributed by atoms with Crippen LogP contribution in [0.2, 0.25) is 0 Å². The summed E-state index contributed by atoms with van der Waals surface area (Å²) in [5.41, 5.74) is 1.26. The molecular weight excluding hydrogens is 183 g/mol. The summed E-state index contributed by atoms with van der Waals surface area (Å²) >= 11 is 10.1. The van der Waals surface area contributed by atoms with Gasteiger partial charge in [-0.25, -0.2) is 4.39 Å². The van der Waals surface area contributed by atoms with Crippen LogP contribution in [0.4, 0.5) is 4.39 Å². The van der Waals surface area contributed by atoms with Gasteiger partial charge in [0.05, 0.1) is 0 Å². The number of benzene rings is 1. The highest BCUT2D eigenvalue weighted by Gasteiger charge is 2.04. The molecule has 0 aromatic heterocycles. The summed E-state index contributed by atoms with van der Waals surface area (Å²) in [7, 11) is 0. The molecule has 0 aliphatic carbocycles. The number of aryl methyl sites for hydroxylation is 1. The third kappa shape index (κ3) is 1.98. The Balaban J connectivity index is 3.23. The minimum atomic E-state index is -0.365. The molecule has 0 bridgehead atoms. The quantitative estimate of drug-likeness (QED) is 0.482. The summed E-state index contributed by atoms with van der Waals surface area (Å²) in [5.74, 6) is -0.365. The molecule has 0 amide bonds. The molecule has 0 radical (unpaired) electrons. The van der Waals surface area contributed by atoms with Gasteiger partial charge in [-0.05, 0) is 19.1 Å². The van der Waals surface area contributed by atoms with Crippen molar-refractivity contribution in [2.24, 2.45) is 0 Å². The van der Waals surface area contributed by atoms with Crippen molar-refractivity contribution in [2.45, 2.75) is 6.92 Å². The van der Waals surface area contributed by atoms with Crippen molar-refractivity contribution >= 4 is 28.1 Å². The number of rotatable bonds is 1. The van der Waals surface area contributed by atoms with Crippen molar-refractivity contribution in [3.63, 3.8) is 0 Å². The van der Waals surface area contributed by atoms with E-state index >= 15 is 0 Å². The van der Waals surface area contributed by atoms with Gasteiger partial charge in [0.1, 0.15) is 10.1 Å². The lowest BCUT2D eigenvalue weighted by Crippen LogP contribution is -1.93. The smallest absolute Gasteiger partial charge is 0.132 e. The number of thiocarbonyl (C=S) groups is 1. The monoisotopic (exact) mass is 188 g/mol.